The number of aliphatic carboxylic acids is 1. The van der Waals surface area contributed by atoms with E-state index in [0.717, 1.165) is 36.6 Å². The molecule has 2 fully saturated rings. The van der Waals surface area contributed by atoms with E-state index < -0.39 is 5.97 Å². The van der Waals surface area contributed by atoms with Gasteiger partial charge in [-0.2, -0.15) is 0 Å². The molecule has 3 aliphatic rings. The van der Waals surface area contributed by atoms with Crippen molar-refractivity contribution in [2.75, 3.05) is 12.3 Å². The molecule has 2 bridgehead atoms. The van der Waals surface area contributed by atoms with Crippen LogP contribution in [0.15, 0.2) is 48.2 Å². The van der Waals surface area contributed by atoms with Gasteiger partial charge in [-0.05, 0) is 91.9 Å². The summed E-state index contributed by atoms with van der Waals surface area (Å²) in [7, 11) is 0. The van der Waals surface area contributed by atoms with Gasteiger partial charge in [0.05, 0.1) is 5.57 Å². The fourth-order valence-corrected chi connectivity index (χ4v) is 6.37. The Kier molecular flexibility index (Phi) is 5.81. The number of aryl methyl sites for hydroxylation is 1. The Balaban J connectivity index is 1.37. The van der Waals surface area contributed by atoms with E-state index in [-0.39, 0.29) is 11.2 Å². The van der Waals surface area contributed by atoms with Crippen molar-refractivity contribution in [1.82, 2.24) is 4.90 Å². The number of nitrogens with zero attached hydrogens (tertiary/aromatic N) is 1. The molecule has 0 spiro atoms. The Hall–Kier alpha value is -1.75. The van der Waals surface area contributed by atoms with Gasteiger partial charge in [0.25, 0.3) is 0 Å². The van der Waals surface area contributed by atoms with E-state index in [1.165, 1.54) is 44.2 Å². The third-order valence-electron chi connectivity index (χ3n) is 6.57. The highest BCUT2D eigenvalue weighted by Gasteiger charge is 2.46. The maximum absolute atomic E-state index is 13.0. The Morgan fingerprint density at radius 1 is 1.25 bits per heavy atom. The van der Waals surface area contributed by atoms with E-state index >= 15 is 0 Å². The van der Waals surface area contributed by atoms with Gasteiger partial charge in [0.1, 0.15) is 11.2 Å². The van der Waals surface area contributed by atoms with Crippen molar-refractivity contribution in [3.63, 3.8) is 0 Å². The maximum Gasteiger partial charge on any atom is 0.334 e. The molecule has 0 radical (unpaired) electrons. The first-order valence-corrected chi connectivity index (χ1v) is 11.3. The maximum atomic E-state index is 13.0. The Morgan fingerprint density at radius 3 is 2.64 bits per heavy atom. The topological polar surface area (TPSA) is 40.5 Å². The quantitative estimate of drug-likeness (QED) is 0.605. The molecule has 4 rings (SSSR count). The summed E-state index contributed by atoms with van der Waals surface area (Å²) in [6, 6.07) is 6.65. The van der Waals surface area contributed by atoms with Crippen LogP contribution in [0.4, 0.5) is 4.39 Å². The molecule has 1 heterocycles. The van der Waals surface area contributed by atoms with Crippen LogP contribution in [0.25, 0.3) is 0 Å². The molecule has 1 aromatic rings. The lowest BCUT2D eigenvalue weighted by Gasteiger charge is -2.39. The summed E-state index contributed by atoms with van der Waals surface area (Å²) in [5.74, 6) is 0.746. The fraction of sp³-hybridized carbons (Fsp3) is 0.522. The number of hydrogen-bond donors (Lipinski definition) is 1. The number of allylic oxidation sites excluding steroid dienone is 2. The number of halogens is 1. The SMILES string of the molecule is O=C(O)C1=CC=CN(CC23CCC(CC2)C3)C1SCCCc1ccc(F)cc1. The molecule has 1 aliphatic heterocycles. The number of rotatable bonds is 8. The van der Waals surface area contributed by atoms with Crippen molar-refractivity contribution < 1.29 is 14.3 Å². The Morgan fingerprint density at radius 2 is 2.00 bits per heavy atom. The number of fused-ring (bicyclic) bond motifs is 2. The lowest BCUT2D eigenvalue weighted by atomic mass is 9.83. The number of carboxylic acid groups (broad SMARTS) is 1. The van der Waals surface area contributed by atoms with Gasteiger partial charge in [-0.3, -0.25) is 0 Å². The Bertz CT molecular complexity index is 765. The molecular weight excluding hydrogens is 373 g/mol. The van der Waals surface area contributed by atoms with E-state index in [2.05, 4.69) is 11.1 Å². The van der Waals surface area contributed by atoms with Crippen molar-refractivity contribution in [3.05, 3.63) is 59.6 Å². The minimum absolute atomic E-state index is 0.121. The van der Waals surface area contributed by atoms with Crippen molar-refractivity contribution >= 4 is 17.7 Å². The highest BCUT2D eigenvalue weighted by atomic mass is 32.2. The monoisotopic (exact) mass is 401 g/mol. The second-order valence-corrected chi connectivity index (χ2v) is 9.73. The number of thioether (sulfide) groups is 1. The predicted molar refractivity (Wildman–Crippen MR) is 112 cm³/mol. The number of hydrogen-bond acceptors (Lipinski definition) is 3. The third-order valence-corrected chi connectivity index (χ3v) is 7.94. The van der Waals surface area contributed by atoms with E-state index in [1.54, 1.807) is 17.8 Å². The first-order chi connectivity index (χ1) is 13.5. The third kappa shape index (κ3) is 4.29. The van der Waals surface area contributed by atoms with Crippen LogP contribution in [-0.4, -0.2) is 33.6 Å². The zero-order valence-electron chi connectivity index (χ0n) is 16.1. The minimum Gasteiger partial charge on any atom is -0.478 e. The van der Waals surface area contributed by atoms with Crippen LogP contribution in [0.5, 0.6) is 0 Å². The van der Waals surface area contributed by atoms with Crippen molar-refractivity contribution in [3.8, 4) is 0 Å². The highest BCUT2D eigenvalue weighted by Crippen LogP contribution is 2.55. The van der Waals surface area contributed by atoms with Crippen molar-refractivity contribution in [1.29, 1.82) is 0 Å². The molecular formula is C23H28FNO2S. The molecule has 28 heavy (non-hydrogen) atoms. The molecule has 0 aromatic heterocycles. The molecule has 1 atom stereocenters. The normalized spacial score (nSPS) is 28.6. The molecule has 1 aromatic carbocycles. The summed E-state index contributed by atoms with van der Waals surface area (Å²) in [6.07, 6.45) is 14.1. The molecule has 150 valence electrons. The van der Waals surface area contributed by atoms with Crippen LogP contribution in [0.1, 0.15) is 44.1 Å². The summed E-state index contributed by atoms with van der Waals surface area (Å²) in [6.45, 7) is 0.972. The van der Waals surface area contributed by atoms with Crippen LogP contribution in [0, 0.1) is 17.2 Å². The lowest BCUT2D eigenvalue weighted by molar-refractivity contribution is -0.133. The lowest BCUT2D eigenvalue weighted by Crippen LogP contribution is -2.41. The van der Waals surface area contributed by atoms with E-state index in [0.29, 0.717) is 11.0 Å². The average molecular weight is 402 g/mol. The molecule has 1 N–H and O–H groups in total. The van der Waals surface area contributed by atoms with Crippen LogP contribution in [-0.2, 0) is 11.2 Å². The molecule has 0 amide bonds. The van der Waals surface area contributed by atoms with Gasteiger partial charge in [0.2, 0.25) is 0 Å². The van der Waals surface area contributed by atoms with Gasteiger partial charge in [-0.25, -0.2) is 9.18 Å². The predicted octanol–water partition coefficient (Wildman–Crippen LogP) is 5.24. The van der Waals surface area contributed by atoms with E-state index in [9.17, 15) is 14.3 Å². The molecule has 5 heteroatoms. The van der Waals surface area contributed by atoms with Gasteiger partial charge >= 0.3 is 5.97 Å². The standard InChI is InChI=1S/C23H28FNO2S/c24-19-7-5-17(6-8-19)3-2-14-28-21-20(22(26)27)4-1-13-25(21)16-23-11-9-18(15-23)10-12-23/h1,4-8,13,18,21H,2-3,9-12,14-16H2,(H,26,27). The first kappa shape index (κ1) is 19.6. The first-order valence-electron chi connectivity index (χ1n) is 10.3. The second kappa shape index (κ2) is 8.32. The highest BCUT2D eigenvalue weighted by molar-refractivity contribution is 8.00. The number of carbonyl (C=O) groups is 1. The van der Waals surface area contributed by atoms with E-state index in [4.69, 9.17) is 0 Å². The zero-order chi connectivity index (χ0) is 19.6. The molecule has 2 saturated carbocycles. The van der Waals surface area contributed by atoms with Gasteiger partial charge in [-0.15, -0.1) is 11.8 Å². The number of benzene rings is 1. The largest absolute Gasteiger partial charge is 0.478 e. The molecule has 0 saturated heterocycles. The van der Waals surface area contributed by atoms with Crippen LogP contribution >= 0.6 is 11.8 Å². The molecule has 1 unspecified atom stereocenters. The minimum atomic E-state index is -0.821. The zero-order valence-corrected chi connectivity index (χ0v) is 17.0. The van der Waals surface area contributed by atoms with Crippen LogP contribution in [0.2, 0.25) is 0 Å². The van der Waals surface area contributed by atoms with E-state index in [1.807, 2.05) is 18.2 Å². The van der Waals surface area contributed by atoms with Crippen molar-refractivity contribution in [2.24, 2.45) is 11.3 Å². The van der Waals surface area contributed by atoms with Gasteiger partial charge < -0.3 is 10.0 Å². The van der Waals surface area contributed by atoms with Gasteiger partial charge in [0, 0.05) is 12.7 Å². The molecule has 2 aliphatic carbocycles. The van der Waals surface area contributed by atoms with Gasteiger partial charge in [-0.1, -0.05) is 12.1 Å². The van der Waals surface area contributed by atoms with Crippen LogP contribution in [0.3, 0.4) is 0 Å². The summed E-state index contributed by atoms with van der Waals surface area (Å²) in [5.41, 5.74) is 2.00. The summed E-state index contributed by atoms with van der Waals surface area (Å²) in [5, 5.41) is 9.58. The number of carboxylic acids is 1. The Labute approximate surface area is 170 Å². The second-order valence-electron chi connectivity index (χ2n) is 8.54. The fourth-order valence-electron chi connectivity index (χ4n) is 5.14. The average Bonchev–Trinajstić information content (AvgIpc) is 3.28. The summed E-state index contributed by atoms with van der Waals surface area (Å²) in [4.78, 5) is 14.1. The van der Waals surface area contributed by atoms with Crippen LogP contribution < -0.4 is 0 Å². The van der Waals surface area contributed by atoms with Crippen molar-refractivity contribution in [2.45, 2.75) is 50.3 Å². The van der Waals surface area contributed by atoms with Gasteiger partial charge in [0.15, 0.2) is 0 Å². The summed E-state index contributed by atoms with van der Waals surface area (Å²) < 4.78 is 13.0. The molecule has 3 nitrogen and oxygen atoms in total. The smallest absolute Gasteiger partial charge is 0.334 e. The summed E-state index contributed by atoms with van der Waals surface area (Å²) >= 11 is 1.72.